The lowest BCUT2D eigenvalue weighted by Gasteiger charge is -2.33. The molecule has 1 atom stereocenters. The van der Waals surface area contributed by atoms with E-state index in [2.05, 4.69) is 0 Å². The smallest absolute Gasteiger partial charge is 0.151 e. The lowest BCUT2D eigenvalue weighted by atomic mass is 9.67. The summed E-state index contributed by atoms with van der Waals surface area (Å²) in [5, 5.41) is 0. The van der Waals surface area contributed by atoms with Crippen molar-refractivity contribution in [2.45, 2.75) is 54.9 Å². The lowest BCUT2D eigenvalue weighted by Crippen LogP contribution is -2.44. The number of rotatable bonds is 4. The summed E-state index contributed by atoms with van der Waals surface area (Å²) in [6.45, 7) is 13.0. The van der Waals surface area contributed by atoms with Gasteiger partial charge in [-0.05, 0) is 13.3 Å². The van der Waals surface area contributed by atoms with Crippen molar-refractivity contribution in [2.75, 3.05) is 0 Å². The maximum Gasteiger partial charge on any atom is 0.151 e. The highest BCUT2D eigenvalue weighted by molar-refractivity contribution is 6.09. The molecule has 0 aromatic heterocycles. The molecule has 0 radical (unpaired) electrons. The first-order valence-corrected chi connectivity index (χ1v) is 5.66. The van der Waals surface area contributed by atoms with Crippen LogP contribution in [0.5, 0.6) is 0 Å². The summed E-state index contributed by atoms with van der Waals surface area (Å²) in [5.41, 5.74) is -1.26. The Balaban J connectivity index is 5.20. The normalized spacial score (nSPS) is 16.3. The highest BCUT2D eigenvalue weighted by Crippen LogP contribution is 2.35. The van der Waals surface area contributed by atoms with Gasteiger partial charge in [0.05, 0.1) is 5.41 Å². The maximum atomic E-state index is 12.2. The molecule has 1 unspecified atom stereocenters. The van der Waals surface area contributed by atoms with Gasteiger partial charge in [0.25, 0.3) is 0 Å². The summed E-state index contributed by atoms with van der Waals surface area (Å²) >= 11 is 0. The predicted octanol–water partition coefficient (Wildman–Crippen LogP) is 3.24. The third-order valence-electron chi connectivity index (χ3n) is 2.96. The molecule has 0 aromatic carbocycles. The minimum Gasteiger partial charge on any atom is -0.298 e. The van der Waals surface area contributed by atoms with Crippen molar-refractivity contribution in [1.29, 1.82) is 0 Å². The van der Waals surface area contributed by atoms with Gasteiger partial charge in [-0.25, -0.2) is 0 Å². The number of hydrogen-bond donors (Lipinski definition) is 0. The van der Waals surface area contributed by atoms with Gasteiger partial charge in [-0.15, -0.1) is 0 Å². The van der Waals surface area contributed by atoms with Crippen LogP contribution in [0.3, 0.4) is 0 Å². The zero-order valence-corrected chi connectivity index (χ0v) is 11.1. The number of ketones is 2. The molecule has 2 heteroatoms. The molecule has 0 aliphatic carbocycles. The van der Waals surface area contributed by atoms with Crippen LogP contribution >= 0.6 is 0 Å². The summed E-state index contributed by atoms with van der Waals surface area (Å²) in [5.74, 6) is 0.0300. The molecule has 15 heavy (non-hydrogen) atoms. The molecule has 0 aromatic rings. The quantitative estimate of drug-likeness (QED) is 0.670. The van der Waals surface area contributed by atoms with E-state index in [1.54, 1.807) is 6.92 Å². The molecule has 88 valence electrons. The Morgan fingerprint density at radius 1 is 1.07 bits per heavy atom. The fourth-order valence-corrected chi connectivity index (χ4v) is 1.91. The van der Waals surface area contributed by atoms with Crippen molar-refractivity contribution < 1.29 is 9.59 Å². The highest BCUT2D eigenvalue weighted by Gasteiger charge is 2.44. The van der Waals surface area contributed by atoms with Gasteiger partial charge in [0.15, 0.2) is 5.78 Å². The first-order chi connectivity index (χ1) is 6.57. The Kier molecular flexibility index (Phi) is 4.26. The monoisotopic (exact) mass is 212 g/mol. The van der Waals surface area contributed by atoms with Gasteiger partial charge >= 0.3 is 0 Å². The van der Waals surface area contributed by atoms with Gasteiger partial charge in [0.1, 0.15) is 5.78 Å². The van der Waals surface area contributed by atoms with Crippen LogP contribution in [0, 0.1) is 16.7 Å². The second kappa shape index (κ2) is 4.46. The summed E-state index contributed by atoms with van der Waals surface area (Å²) < 4.78 is 0. The Bertz CT molecular complexity index is 258. The molecule has 0 saturated heterocycles. The number of hydrogen-bond acceptors (Lipinski definition) is 2. The third-order valence-corrected chi connectivity index (χ3v) is 2.96. The van der Waals surface area contributed by atoms with Gasteiger partial charge < -0.3 is 0 Å². The largest absolute Gasteiger partial charge is 0.298 e. The molecule has 0 saturated carbocycles. The van der Waals surface area contributed by atoms with Gasteiger partial charge in [-0.1, -0.05) is 41.5 Å². The fraction of sp³-hybridized carbons (Fsp3) is 0.846. The van der Waals surface area contributed by atoms with Gasteiger partial charge in [0, 0.05) is 11.3 Å². The Morgan fingerprint density at radius 2 is 1.47 bits per heavy atom. The number of carbonyl (C=O) groups excluding carboxylic acids is 2. The van der Waals surface area contributed by atoms with Gasteiger partial charge in [-0.3, -0.25) is 9.59 Å². The van der Waals surface area contributed by atoms with E-state index < -0.39 is 10.8 Å². The lowest BCUT2D eigenvalue weighted by molar-refractivity contribution is -0.146. The summed E-state index contributed by atoms with van der Waals surface area (Å²) in [6.07, 6.45) is 0.583. The van der Waals surface area contributed by atoms with Crippen LogP contribution < -0.4 is 0 Å². The standard InChI is InChI=1S/C13H24O2/c1-8-13(7,10(14)9(2)3)11(15)12(4,5)6/h9H,8H2,1-7H3. The number of Topliss-reactive ketones (excluding diaryl/α,β-unsaturated/α-hetero) is 2. The first kappa shape index (κ1) is 14.3. The molecule has 0 amide bonds. The maximum absolute atomic E-state index is 12.2. The second-order valence-electron chi connectivity index (χ2n) is 5.78. The van der Waals surface area contributed by atoms with Crippen molar-refractivity contribution in [1.82, 2.24) is 0 Å². The SMILES string of the molecule is CCC(C)(C(=O)C(C)C)C(=O)C(C)(C)C. The highest BCUT2D eigenvalue weighted by atomic mass is 16.2. The Labute approximate surface area is 93.4 Å². The molecule has 0 rings (SSSR count). The minimum absolute atomic E-state index is 0.0520. The summed E-state index contributed by atoms with van der Waals surface area (Å²) in [4.78, 5) is 24.3. The van der Waals surface area contributed by atoms with E-state index in [-0.39, 0.29) is 17.5 Å². The predicted molar refractivity (Wildman–Crippen MR) is 62.7 cm³/mol. The molecule has 0 heterocycles. The van der Waals surface area contributed by atoms with E-state index >= 15 is 0 Å². The molecule has 0 bridgehead atoms. The van der Waals surface area contributed by atoms with E-state index in [1.165, 1.54) is 0 Å². The molecular weight excluding hydrogens is 188 g/mol. The summed E-state index contributed by atoms with van der Waals surface area (Å²) in [7, 11) is 0. The van der Waals surface area contributed by atoms with E-state index in [0.29, 0.717) is 6.42 Å². The van der Waals surface area contributed by atoms with Gasteiger partial charge in [0.2, 0.25) is 0 Å². The van der Waals surface area contributed by atoms with Crippen molar-refractivity contribution in [3.05, 3.63) is 0 Å². The third kappa shape index (κ3) is 2.90. The summed E-state index contributed by atoms with van der Waals surface area (Å²) in [6, 6.07) is 0. The van der Waals surface area contributed by atoms with E-state index in [4.69, 9.17) is 0 Å². The number of carbonyl (C=O) groups is 2. The van der Waals surface area contributed by atoms with Crippen LogP contribution in [0.4, 0.5) is 0 Å². The minimum atomic E-state index is -0.813. The Morgan fingerprint density at radius 3 is 1.67 bits per heavy atom. The molecule has 2 nitrogen and oxygen atoms in total. The molecular formula is C13H24O2. The molecule has 0 aliphatic rings. The zero-order valence-electron chi connectivity index (χ0n) is 11.1. The van der Waals surface area contributed by atoms with E-state index in [0.717, 1.165) is 0 Å². The van der Waals surface area contributed by atoms with Crippen LogP contribution in [0.2, 0.25) is 0 Å². The molecule has 0 spiro atoms. The second-order valence-corrected chi connectivity index (χ2v) is 5.78. The average Bonchev–Trinajstić information content (AvgIpc) is 2.12. The van der Waals surface area contributed by atoms with Crippen molar-refractivity contribution in [2.24, 2.45) is 16.7 Å². The van der Waals surface area contributed by atoms with E-state index in [9.17, 15) is 9.59 Å². The van der Waals surface area contributed by atoms with Gasteiger partial charge in [-0.2, -0.15) is 0 Å². The van der Waals surface area contributed by atoms with Crippen LogP contribution in [0.25, 0.3) is 0 Å². The zero-order chi connectivity index (χ0) is 12.4. The van der Waals surface area contributed by atoms with Crippen LogP contribution in [-0.2, 0) is 9.59 Å². The molecule has 0 fully saturated rings. The Hall–Kier alpha value is -0.660. The van der Waals surface area contributed by atoms with Crippen molar-refractivity contribution in [3.63, 3.8) is 0 Å². The van der Waals surface area contributed by atoms with Crippen LogP contribution in [0.1, 0.15) is 54.9 Å². The van der Waals surface area contributed by atoms with Crippen LogP contribution in [-0.4, -0.2) is 11.6 Å². The fourth-order valence-electron chi connectivity index (χ4n) is 1.91. The molecule has 0 aliphatic heterocycles. The van der Waals surface area contributed by atoms with Crippen molar-refractivity contribution in [3.8, 4) is 0 Å². The van der Waals surface area contributed by atoms with Crippen LogP contribution in [0.15, 0.2) is 0 Å². The molecule has 0 N–H and O–H groups in total. The van der Waals surface area contributed by atoms with Crippen molar-refractivity contribution >= 4 is 11.6 Å². The first-order valence-electron chi connectivity index (χ1n) is 5.66. The topological polar surface area (TPSA) is 34.1 Å². The average molecular weight is 212 g/mol. The van der Waals surface area contributed by atoms with E-state index in [1.807, 2.05) is 41.5 Å².